The zero-order valence-corrected chi connectivity index (χ0v) is 8.42. The fraction of sp³-hybridized carbons (Fsp3) is 1.00. The van der Waals surface area contributed by atoms with E-state index in [2.05, 4.69) is 18.7 Å². The third kappa shape index (κ3) is 2.46. The molecule has 0 aromatic carbocycles. The fourth-order valence-electron chi connectivity index (χ4n) is 2.21. The van der Waals surface area contributed by atoms with Gasteiger partial charge in [-0.25, -0.2) is 0 Å². The molecule has 0 aromatic heterocycles. The molecule has 1 heterocycles. The van der Waals surface area contributed by atoms with E-state index < -0.39 is 0 Å². The van der Waals surface area contributed by atoms with Crippen molar-refractivity contribution in [3.63, 3.8) is 0 Å². The van der Waals surface area contributed by atoms with Crippen molar-refractivity contribution in [1.29, 1.82) is 0 Å². The Balaban J connectivity index is 2.42. The Morgan fingerprint density at radius 2 is 2.17 bits per heavy atom. The van der Waals surface area contributed by atoms with Crippen molar-refractivity contribution >= 4 is 0 Å². The van der Waals surface area contributed by atoms with Crippen LogP contribution in [0.4, 0.5) is 0 Å². The van der Waals surface area contributed by atoms with Crippen LogP contribution in [-0.2, 0) is 0 Å². The van der Waals surface area contributed by atoms with E-state index in [-0.39, 0.29) is 0 Å². The van der Waals surface area contributed by atoms with Gasteiger partial charge in [0.15, 0.2) is 0 Å². The van der Waals surface area contributed by atoms with E-state index in [1.54, 1.807) is 0 Å². The molecule has 12 heavy (non-hydrogen) atoms. The lowest BCUT2D eigenvalue weighted by atomic mass is 9.98. The maximum absolute atomic E-state index is 5.60. The van der Waals surface area contributed by atoms with E-state index in [4.69, 9.17) is 5.73 Å². The van der Waals surface area contributed by atoms with Crippen LogP contribution in [0.2, 0.25) is 0 Å². The Kier molecular flexibility index (Phi) is 4.02. The zero-order valence-electron chi connectivity index (χ0n) is 8.42. The highest BCUT2D eigenvalue weighted by molar-refractivity contribution is 4.79. The topological polar surface area (TPSA) is 29.3 Å². The molecule has 1 rings (SSSR count). The second-order valence-corrected chi connectivity index (χ2v) is 4.06. The summed E-state index contributed by atoms with van der Waals surface area (Å²) in [5, 5.41) is 0. The Morgan fingerprint density at radius 3 is 2.75 bits per heavy atom. The summed E-state index contributed by atoms with van der Waals surface area (Å²) in [7, 11) is 0. The Labute approximate surface area is 76.1 Å². The summed E-state index contributed by atoms with van der Waals surface area (Å²) >= 11 is 0. The van der Waals surface area contributed by atoms with Gasteiger partial charge in [0.25, 0.3) is 0 Å². The first-order valence-corrected chi connectivity index (χ1v) is 5.21. The minimum atomic E-state index is 0.696. The molecule has 1 fully saturated rings. The Hall–Kier alpha value is -0.0800. The average Bonchev–Trinajstić information content (AvgIpc) is 2.05. The van der Waals surface area contributed by atoms with Gasteiger partial charge in [0.05, 0.1) is 0 Å². The summed E-state index contributed by atoms with van der Waals surface area (Å²) in [5.41, 5.74) is 5.60. The molecule has 2 nitrogen and oxygen atoms in total. The summed E-state index contributed by atoms with van der Waals surface area (Å²) in [6.07, 6.45) is 5.31. The van der Waals surface area contributed by atoms with Gasteiger partial charge in [0, 0.05) is 12.1 Å². The number of nitrogens with zero attached hydrogens (tertiary/aromatic N) is 1. The molecule has 0 aromatic rings. The van der Waals surface area contributed by atoms with E-state index in [9.17, 15) is 0 Å². The summed E-state index contributed by atoms with van der Waals surface area (Å²) in [6, 6.07) is 1.46. The van der Waals surface area contributed by atoms with Gasteiger partial charge < -0.3 is 5.73 Å². The monoisotopic (exact) mass is 170 g/mol. The molecule has 0 amide bonds. The maximum atomic E-state index is 5.60. The third-order valence-electron chi connectivity index (χ3n) is 2.84. The number of hydrogen-bond donors (Lipinski definition) is 1. The SMILES string of the molecule is CC(C)N1CCCC[C@@H]1CCN. The number of nitrogens with two attached hydrogens (primary N) is 1. The van der Waals surface area contributed by atoms with Crippen LogP contribution in [0.1, 0.15) is 39.5 Å². The van der Waals surface area contributed by atoms with Crippen molar-refractivity contribution in [2.75, 3.05) is 13.1 Å². The first kappa shape index (κ1) is 10.0. The Bertz CT molecular complexity index is 121. The van der Waals surface area contributed by atoms with Gasteiger partial charge in [-0.2, -0.15) is 0 Å². The molecule has 0 spiro atoms. The van der Waals surface area contributed by atoms with Crippen molar-refractivity contribution in [3.05, 3.63) is 0 Å². The van der Waals surface area contributed by atoms with E-state index in [1.165, 1.54) is 32.2 Å². The van der Waals surface area contributed by atoms with Crippen molar-refractivity contribution in [2.45, 2.75) is 51.6 Å². The molecule has 0 saturated carbocycles. The van der Waals surface area contributed by atoms with Gasteiger partial charge in [-0.1, -0.05) is 6.42 Å². The van der Waals surface area contributed by atoms with Crippen LogP contribution in [0.5, 0.6) is 0 Å². The van der Waals surface area contributed by atoms with Crippen LogP contribution in [0, 0.1) is 0 Å². The van der Waals surface area contributed by atoms with Crippen LogP contribution < -0.4 is 5.73 Å². The largest absolute Gasteiger partial charge is 0.330 e. The van der Waals surface area contributed by atoms with Crippen LogP contribution >= 0.6 is 0 Å². The molecule has 0 bridgehead atoms. The second-order valence-electron chi connectivity index (χ2n) is 4.06. The first-order chi connectivity index (χ1) is 5.75. The van der Waals surface area contributed by atoms with Crippen molar-refractivity contribution in [2.24, 2.45) is 5.73 Å². The van der Waals surface area contributed by atoms with Crippen LogP contribution in [-0.4, -0.2) is 30.1 Å². The molecular formula is C10H22N2. The van der Waals surface area contributed by atoms with Crippen molar-refractivity contribution < 1.29 is 0 Å². The predicted octanol–water partition coefficient (Wildman–Crippen LogP) is 1.60. The minimum Gasteiger partial charge on any atom is -0.330 e. The summed E-state index contributed by atoms with van der Waals surface area (Å²) in [6.45, 7) is 6.69. The lowest BCUT2D eigenvalue weighted by Crippen LogP contribution is -2.44. The van der Waals surface area contributed by atoms with E-state index in [0.717, 1.165) is 12.6 Å². The van der Waals surface area contributed by atoms with E-state index >= 15 is 0 Å². The first-order valence-electron chi connectivity index (χ1n) is 5.21. The van der Waals surface area contributed by atoms with Gasteiger partial charge >= 0.3 is 0 Å². The number of rotatable bonds is 3. The quantitative estimate of drug-likeness (QED) is 0.697. The lowest BCUT2D eigenvalue weighted by molar-refractivity contribution is 0.107. The minimum absolute atomic E-state index is 0.696. The third-order valence-corrected chi connectivity index (χ3v) is 2.84. The summed E-state index contributed by atoms with van der Waals surface area (Å²) in [4.78, 5) is 2.61. The molecule has 0 radical (unpaired) electrons. The zero-order chi connectivity index (χ0) is 8.97. The molecule has 1 aliphatic rings. The molecule has 2 N–H and O–H groups in total. The highest BCUT2D eigenvalue weighted by Gasteiger charge is 2.23. The summed E-state index contributed by atoms with van der Waals surface area (Å²) in [5.74, 6) is 0. The Morgan fingerprint density at radius 1 is 1.42 bits per heavy atom. The number of likely N-dealkylation sites (tertiary alicyclic amines) is 1. The van der Waals surface area contributed by atoms with Gasteiger partial charge in [0.1, 0.15) is 0 Å². The van der Waals surface area contributed by atoms with Crippen molar-refractivity contribution in [3.8, 4) is 0 Å². The van der Waals surface area contributed by atoms with Gasteiger partial charge in [-0.05, 0) is 46.2 Å². The lowest BCUT2D eigenvalue weighted by Gasteiger charge is -2.38. The molecule has 1 atom stereocenters. The predicted molar refractivity (Wildman–Crippen MR) is 53.2 cm³/mol. The van der Waals surface area contributed by atoms with Gasteiger partial charge in [0.2, 0.25) is 0 Å². The maximum Gasteiger partial charge on any atom is 0.0110 e. The molecule has 2 heteroatoms. The van der Waals surface area contributed by atoms with Gasteiger partial charge in [-0.15, -0.1) is 0 Å². The van der Waals surface area contributed by atoms with Crippen LogP contribution in [0.25, 0.3) is 0 Å². The number of piperidine rings is 1. The molecule has 1 aliphatic heterocycles. The highest BCUT2D eigenvalue weighted by atomic mass is 15.2. The smallest absolute Gasteiger partial charge is 0.0110 e. The van der Waals surface area contributed by atoms with Crippen LogP contribution in [0.3, 0.4) is 0 Å². The fourth-order valence-corrected chi connectivity index (χ4v) is 2.21. The van der Waals surface area contributed by atoms with Gasteiger partial charge in [-0.3, -0.25) is 4.90 Å². The van der Waals surface area contributed by atoms with Crippen molar-refractivity contribution in [1.82, 2.24) is 4.90 Å². The normalized spacial score (nSPS) is 26.5. The molecule has 1 saturated heterocycles. The standard InChI is InChI=1S/C10H22N2/c1-9(2)12-8-4-3-5-10(12)6-7-11/h9-10H,3-8,11H2,1-2H3/t10-/m1/s1. The molecule has 72 valence electrons. The van der Waals surface area contributed by atoms with E-state index in [0.29, 0.717) is 6.04 Å². The number of hydrogen-bond acceptors (Lipinski definition) is 2. The van der Waals surface area contributed by atoms with E-state index in [1.807, 2.05) is 0 Å². The van der Waals surface area contributed by atoms with Crippen LogP contribution in [0.15, 0.2) is 0 Å². The summed E-state index contributed by atoms with van der Waals surface area (Å²) < 4.78 is 0. The molecular weight excluding hydrogens is 148 g/mol. The highest BCUT2D eigenvalue weighted by Crippen LogP contribution is 2.21. The average molecular weight is 170 g/mol. The molecule has 0 aliphatic carbocycles. The second kappa shape index (κ2) is 4.83. The molecule has 0 unspecified atom stereocenters.